The van der Waals surface area contributed by atoms with E-state index < -0.39 is 6.10 Å². The minimum absolute atomic E-state index is 0.368. The Bertz CT molecular complexity index is 606. The summed E-state index contributed by atoms with van der Waals surface area (Å²) in [6.07, 6.45) is 2.32. The van der Waals surface area contributed by atoms with Gasteiger partial charge in [-0.25, -0.2) is 0 Å². The Morgan fingerprint density at radius 1 is 1.35 bits per heavy atom. The molecule has 1 aromatic carbocycles. The summed E-state index contributed by atoms with van der Waals surface area (Å²) in [6, 6.07) is 7.76. The highest BCUT2D eigenvalue weighted by Crippen LogP contribution is 2.32. The topological polar surface area (TPSA) is 64.1 Å². The molecule has 0 fully saturated rings. The highest BCUT2D eigenvalue weighted by Gasteiger charge is 2.26. The first kappa shape index (κ1) is 13.6. The summed E-state index contributed by atoms with van der Waals surface area (Å²) >= 11 is 5.90. The van der Waals surface area contributed by atoms with Crippen LogP contribution in [0.4, 0.5) is 0 Å². The third-order valence-corrected chi connectivity index (χ3v) is 4.09. The largest absolute Gasteiger partial charge is 0.388 e. The molecule has 106 valence electrons. The Morgan fingerprint density at radius 2 is 2.10 bits per heavy atom. The van der Waals surface area contributed by atoms with Crippen LogP contribution in [0.2, 0.25) is 5.02 Å². The van der Waals surface area contributed by atoms with Crippen molar-refractivity contribution in [3.05, 3.63) is 51.8 Å². The first-order valence-electron chi connectivity index (χ1n) is 6.90. The molecule has 1 aliphatic carbocycles. The SMILES string of the molecule is NCc1nn(Cc2ccc(Cl)cc2)c2c1C(O)CCC2. The molecule has 1 aliphatic rings. The van der Waals surface area contributed by atoms with Gasteiger partial charge in [-0.05, 0) is 37.0 Å². The molecule has 3 rings (SSSR count). The summed E-state index contributed by atoms with van der Waals surface area (Å²) in [4.78, 5) is 0. The van der Waals surface area contributed by atoms with Gasteiger partial charge in [0.25, 0.3) is 0 Å². The fourth-order valence-corrected chi connectivity index (χ4v) is 2.99. The molecular weight excluding hydrogens is 274 g/mol. The maximum absolute atomic E-state index is 10.2. The minimum atomic E-state index is -0.420. The van der Waals surface area contributed by atoms with E-state index in [1.807, 2.05) is 28.9 Å². The highest BCUT2D eigenvalue weighted by molar-refractivity contribution is 6.30. The lowest BCUT2D eigenvalue weighted by Gasteiger charge is -2.19. The predicted molar refractivity (Wildman–Crippen MR) is 78.6 cm³/mol. The van der Waals surface area contributed by atoms with Crippen molar-refractivity contribution in [2.75, 3.05) is 0 Å². The van der Waals surface area contributed by atoms with Gasteiger partial charge in [0, 0.05) is 22.8 Å². The maximum Gasteiger partial charge on any atom is 0.0826 e. The lowest BCUT2D eigenvalue weighted by Crippen LogP contribution is -2.13. The molecule has 3 N–H and O–H groups in total. The normalized spacial score (nSPS) is 18.1. The van der Waals surface area contributed by atoms with Crippen LogP contribution in [0.15, 0.2) is 24.3 Å². The van der Waals surface area contributed by atoms with Crippen LogP contribution in [-0.4, -0.2) is 14.9 Å². The molecule has 5 heteroatoms. The number of hydrogen-bond acceptors (Lipinski definition) is 3. The zero-order valence-electron chi connectivity index (χ0n) is 11.2. The Morgan fingerprint density at radius 3 is 2.80 bits per heavy atom. The van der Waals surface area contributed by atoms with Crippen LogP contribution in [0, 0.1) is 0 Å². The van der Waals surface area contributed by atoms with Crippen molar-refractivity contribution in [1.82, 2.24) is 9.78 Å². The van der Waals surface area contributed by atoms with E-state index in [4.69, 9.17) is 17.3 Å². The van der Waals surface area contributed by atoms with Gasteiger partial charge in [-0.1, -0.05) is 23.7 Å². The molecule has 0 bridgehead atoms. The number of aromatic nitrogens is 2. The van der Waals surface area contributed by atoms with Crippen LogP contribution < -0.4 is 5.73 Å². The summed E-state index contributed by atoms with van der Waals surface area (Å²) in [5.74, 6) is 0. The van der Waals surface area contributed by atoms with E-state index >= 15 is 0 Å². The molecule has 0 amide bonds. The smallest absolute Gasteiger partial charge is 0.0826 e. The summed E-state index contributed by atoms with van der Waals surface area (Å²) in [6.45, 7) is 1.05. The van der Waals surface area contributed by atoms with E-state index in [1.54, 1.807) is 0 Å². The van der Waals surface area contributed by atoms with Gasteiger partial charge in [0.1, 0.15) is 0 Å². The minimum Gasteiger partial charge on any atom is -0.388 e. The number of hydrogen-bond donors (Lipinski definition) is 2. The number of nitrogens with zero attached hydrogens (tertiary/aromatic N) is 2. The number of aliphatic hydroxyl groups is 1. The maximum atomic E-state index is 10.2. The Kier molecular flexibility index (Phi) is 3.78. The van der Waals surface area contributed by atoms with Crippen molar-refractivity contribution < 1.29 is 5.11 Å². The van der Waals surface area contributed by atoms with Gasteiger partial charge in [0.15, 0.2) is 0 Å². The van der Waals surface area contributed by atoms with Crippen molar-refractivity contribution in [2.24, 2.45) is 5.73 Å². The fourth-order valence-electron chi connectivity index (χ4n) is 2.87. The molecule has 1 aromatic heterocycles. The molecule has 20 heavy (non-hydrogen) atoms. The molecule has 0 radical (unpaired) electrons. The van der Waals surface area contributed by atoms with Gasteiger partial charge in [-0.15, -0.1) is 0 Å². The number of halogens is 1. The van der Waals surface area contributed by atoms with Crippen molar-refractivity contribution >= 4 is 11.6 Å². The molecular formula is C15H18ClN3O. The van der Waals surface area contributed by atoms with Gasteiger partial charge in [0.05, 0.1) is 18.3 Å². The summed E-state index contributed by atoms with van der Waals surface area (Å²) in [5, 5.41) is 15.5. The van der Waals surface area contributed by atoms with E-state index in [0.717, 1.165) is 46.8 Å². The fraction of sp³-hybridized carbons (Fsp3) is 0.400. The molecule has 2 aromatic rings. The molecule has 1 atom stereocenters. The van der Waals surface area contributed by atoms with Crippen LogP contribution >= 0.6 is 11.6 Å². The second kappa shape index (κ2) is 5.56. The molecule has 1 unspecified atom stereocenters. The lowest BCUT2D eigenvalue weighted by molar-refractivity contribution is 0.155. The summed E-state index contributed by atoms with van der Waals surface area (Å²) in [7, 11) is 0. The number of nitrogens with two attached hydrogens (primary N) is 1. The Balaban J connectivity index is 1.95. The number of benzene rings is 1. The van der Waals surface area contributed by atoms with Gasteiger partial charge < -0.3 is 10.8 Å². The lowest BCUT2D eigenvalue weighted by atomic mass is 9.93. The van der Waals surface area contributed by atoms with Gasteiger partial charge in [0.2, 0.25) is 0 Å². The Hall–Kier alpha value is -1.36. The second-order valence-corrected chi connectivity index (χ2v) is 5.64. The van der Waals surface area contributed by atoms with Gasteiger partial charge in [-0.3, -0.25) is 4.68 Å². The average molecular weight is 292 g/mol. The van der Waals surface area contributed by atoms with E-state index in [-0.39, 0.29) is 0 Å². The number of aliphatic hydroxyl groups excluding tert-OH is 1. The molecule has 0 saturated heterocycles. The third kappa shape index (κ3) is 2.46. The van der Waals surface area contributed by atoms with Crippen LogP contribution in [-0.2, 0) is 19.5 Å². The molecule has 0 aliphatic heterocycles. The molecule has 0 saturated carbocycles. The first-order valence-corrected chi connectivity index (χ1v) is 7.28. The average Bonchev–Trinajstić information content (AvgIpc) is 2.81. The molecule has 4 nitrogen and oxygen atoms in total. The number of fused-ring (bicyclic) bond motifs is 1. The van der Waals surface area contributed by atoms with Crippen molar-refractivity contribution in [1.29, 1.82) is 0 Å². The van der Waals surface area contributed by atoms with Gasteiger partial charge >= 0.3 is 0 Å². The monoisotopic (exact) mass is 291 g/mol. The third-order valence-electron chi connectivity index (χ3n) is 3.84. The van der Waals surface area contributed by atoms with E-state index in [1.165, 1.54) is 0 Å². The van der Waals surface area contributed by atoms with E-state index in [9.17, 15) is 5.11 Å². The quantitative estimate of drug-likeness (QED) is 0.913. The van der Waals surface area contributed by atoms with Crippen LogP contribution in [0.1, 0.15) is 41.5 Å². The summed E-state index contributed by atoms with van der Waals surface area (Å²) in [5.41, 5.74) is 9.80. The van der Waals surface area contributed by atoms with E-state index in [2.05, 4.69) is 5.10 Å². The van der Waals surface area contributed by atoms with Gasteiger partial charge in [-0.2, -0.15) is 5.10 Å². The summed E-state index contributed by atoms with van der Waals surface area (Å²) < 4.78 is 1.98. The van der Waals surface area contributed by atoms with E-state index in [0.29, 0.717) is 13.1 Å². The Labute approximate surface area is 123 Å². The van der Waals surface area contributed by atoms with Crippen molar-refractivity contribution in [3.8, 4) is 0 Å². The standard InChI is InChI=1S/C15H18ClN3O/c16-11-6-4-10(5-7-11)9-19-13-2-1-3-14(20)15(13)12(8-17)18-19/h4-7,14,20H,1-3,8-9,17H2. The molecule has 0 spiro atoms. The van der Waals surface area contributed by atoms with Crippen molar-refractivity contribution in [3.63, 3.8) is 0 Å². The molecule has 1 heterocycles. The first-order chi connectivity index (χ1) is 9.69. The zero-order chi connectivity index (χ0) is 14.1. The highest BCUT2D eigenvalue weighted by atomic mass is 35.5. The zero-order valence-corrected chi connectivity index (χ0v) is 12.0. The van der Waals surface area contributed by atoms with Crippen LogP contribution in [0.5, 0.6) is 0 Å². The van der Waals surface area contributed by atoms with Crippen molar-refractivity contribution in [2.45, 2.75) is 38.5 Å². The second-order valence-electron chi connectivity index (χ2n) is 5.20. The van der Waals surface area contributed by atoms with Crippen LogP contribution in [0.25, 0.3) is 0 Å². The predicted octanol–water partition coefficient (Wildman–Crippen LogP) is 2.41. The number of rotatable bonds is 3. The van der Waals surface area contributed by atoms with Crippen LogP contribution in [0.3, 0.4) is 0 Å².